The van der Waals surface area contributed by atoms with Crippen molar-refractivity contribution < 1.29 is 13.7 Å². The van der Waals surface area contributed by atoms with E-state index in [0.717, 1.165) is 31.0 Å². The summed E-state index contributed by atoms with van der Waals surface area (Å²) < 4.78 is 18.6. The average Bonchev–Trinajstić information content (AvgIpc) is 2.99. The van der Waals surface area contributed by atoms with Crippen LogP contribution in [0.5, 0.6) is 0 Å². The lowest BCUT2D eigenvalue weighted by Crippen LogP contribution is -2.49. The fourth-order valence-electron chi connectivity index (χ4n) is 2.97. The first-order valence-electron chi connectivity index (χ1n) is 8.27. The third-order valence-electron chi connectivity index (χ3n) is 4.39. The zero-order valence-electron chi connectivity index (χ0n) is 13.9. The van der Waals surface area contributed by atoms with E-state index >= 15 is 0 Å². The van der Waals surface area contributed by atoms with Gasteiger partial charge in [-0.05, 0) is 25.0 Å². The summed E-state index contributed by atoms with van der Waals surface area (Å²) in [5, 5.41) is 3.87. The normalized spacial score (nSPS) is 15.7. The van der Waals surface area contributed by atoms with Crippen molar-refractivity contribution in [3.05, 3.63) is 53.2 Å². The molecule has 0 unspecified atom stereocenters. The Kier molecular flexibility index (Phi) is 5.25. The number of aromatic nitrogens is 1. The van der Waals surface area contributed by atoms with Crippen LogP contribution in [0.4, 0.5) is 4.39 Å². The van der Waals surface area contributed by atoms with Crippen molar-refractivity contribution in [1.29, 1.82) is 0 Å². The Labute approximate surface area is 141 Å². The highest BCUT2D eigenvalue weighted by Crippen LogP contribution is 2.11. The molecule has 2 heterocycles. The van der Waals surface area contributed by atoms with Gasteiger partial charge in [-0.25, -0.2) is 4.39 Å². The molecular formula is C18H22FN3O2. The van der Waals surface area contributed by atoms with Gasteiger partial charge in [-0.15, -0.1) is 0 Å². The maximum atomic E-state index is 13.6. The molecule has 5 nitrogen and oxygen atoms in total. The second kappa shape index (κ2) is 7.57. The molecule has 128 valence electrons. The molecule has 0 N–H and O–H groups in total. The predicted octanol–water partition coefficient (Wildman–Crippen LogP) is 2.05. The van der Waals surface area contributed by atoms with Crippen LogP contribution in [0.3, 0.4) is 0 Å². The highest BCUT2D eigenvalue weighted by Gasteiger charge is 2.22. The minimum atomic E-state index is -0.144. The van der Waals surface area contributed by atoms with Crippen LogP contribution in [0.2, 0.25) is 0 Å². The minimum absolute atomic E-state index is 0.0806. The summed E-state index contributed by atoms with van der Waals surface area (Å²) >= 11 is 0. The van der Waals surface area contributed by atoms with Crippen LogP contribution >= 0.6 is 0 Å². The number of benzene rings is 1. The predicted molar refractivity (Wildman–Crippen MR) is 88.1 cm³/mol. The topological polar surface area (TPSA) is 49.6 Å². The molecule has 1 saturated heterocycles. The molecule has 1 fully saturated rings. The SMILES string of the molecule is Cc1cc(CC(=O)N2CCN(CCc3ccccc3F)CC2)no1. The number of halogens is 1. The molecule has 1 aliphatic rings. The van der Waals surface area contributed by atoms with Crippen molar-refractivity contribution in [2.24, 2.45) is 0 Å². The van der Waals surface area contributed by atoms with Crippen LogP contribution in [0, 0.1) is 12.7 Å². The van der Waals surface area contributed by atoms with Crippen LogP contribution in [0.25, 0.3) is 0 Å². The van der Waals surface area contributed by atoms with E-state index in [1.165, 1.54) is 6.07 Å². The van der Waals surface area contributed by atoms with E-state index in [1.807, 2.05) is 24.0 Å². The van der Waals surface area contributed by atoms with Crippen LogP contribution in [0.15, 0.2) is 34.9 Å². The van der Waals surface area contributed by atoms with Gasteiger partial charge in [-0.2, -0.15) is 0 Å². The number of hydrogen-bond acceptors (Lipinski definition) is 4. The molecule has 0 spiro atoms. The van der Waals surface area contributed by atoms with Crippen molar-refractivity contribution in [1.82, 2.24) is 15.0 Å². The summed E-state index contributed by atoms with van der Waals surface area (Å²) in [5.41, 5.74) is 1.43. The van der Waals surface area contributed by atoms with Gasteiger partial charge in [0.15, 0.2) is 0 Å². The summed E-state index contributed by atoms with van der Waals surface area (Å²) in [6.07, 6.45) is 0.978. The summed E-state index contributed by atoms with van der Waals surface area (Å²) in [4.78, 5) is 16.4. The first kappa shape index (κ1) is 16.6. The monoisotopic (exact) mass is 331 g/mol. The minimum Gasteiger partial charge on any atom is -0.361 e. The third kappa shape index (κ3) is 4.20. The number of carbonyl (C=O) groups is 1. The van der Waals surface area contributed by atoms with E-state index in [1.54, 1.807) is 12.1 Å². The molecule has 1 aliphatic heterocycles. The fourth-order valence-corrected chi connectivity index (χ4v) is 2.97. The maximum absolute atomic E-state index is 13.6. The lowest BCUT2D eigenvalue weighted by molar-refractivity contribution is -0.132. The summed E-state index contributed by atoms with van der Waals surface area (Å²) in [6, 6.07) is 8.69. The van der Waals surface area contributed by atoms with Gasteiger partial charge in [0.2, 0.25) is 5.91 Å². The molecule has 0 aliphatic carbocycles. The Hall–Kier alpha value is -2.21. The van der Waals surface area contributed by atoms with Gasteiger partial charge in [0.05, 0.1) is 12.1 Å². The summed E-state index contributed by atoms with van der Waals surface area (Å²) in [6.45, 7) is 5.66. The molecule has 0 bridgehead atoms. The average molecular weight is 331 g/mol. The molecule has 1 aromatic heterocycles. The Morgan fingerprint density at radius 1 is 1.25 bits per heavy atom. The Balaban J connectivity index is 1.44. The molecule has 1 amide bonds. The van der Waals surface area contributed by atoms with Crippen LogP contribution < -0.4 is 0 Å². The van der Waals surface area contributed by atoms with Crippen LogP contribution in [-0.4, -0.2) is 53.6 Å². The fraction of sp³-hybridized carbons (Fsp3) is 0.444. The zero-order chi connectivity index (χ0) is 16.9. The number of nitrogens with zero attached hydrogens (tertiary/aromatic N) is 3. The Morgan fingerprint density at radius 3 is 2.67 bits per heavy atom. The van der Waals surface area contributed by atoms with Crippen molar-refractivity contribution in [3.63, 3.8) is 0 Å². The number of aryl methyl sites for hydroxylation is 1. The van der Waals surface area contributed by atoms with Gasteiger partial charge < -0.3 is 9.42 Å². The number of amides is 1. The maximum Gasteiger partial charge on any atom is 0.228 e. The van der Waals surface area contributed by atoms with Gasteiger partial charge in [0.25, 0.3) is 0 Å². The highest BCUT2D eigenvalue weighted by molar-refractivity contribution is 5.78. The second-order valence-corrected chi connectivity index (χ2v) is 6.17. The van der Waals surface area contributed by atoms with Gasteiger partial charge in [-0.1, -0.05) is 23.4 Å². The standard InChI is InChI=1S/C18H22FN3O2/c1-14-12-16(20-24-14)13-18(23)22-10-8-21(9-11-22)7-6-15-4-2-3-5-17(15)19/h2-5,12H,6-11,13H2,1H3. The first-order chi connectivity index (χ1) is 11.6. The van der Waals surface area contributed by atoms with E-state index in [-0.39, 0.29) is 18.1 Å². The van der Waals surface area contributed by atoms with Crippen molar-refractivity contribution >= 4 is 5.91 Å². The lowest BCUT2D eigenvalue weighted by atomic mass is 10.1. The largest absolute Gasteiger partial charge is 0.361 e. The van der Waals surface area contributed by atoms with E-state index < -0.39 is 0 Å². The molecule has 0 atom stereocenters. The lowest BCUT2D eigenvalue weighted by Gasteiger charge is -2.34. The smallest absolute Gasteiger partial charge is 0.228 e. The van der Waals surface area contributed by atoms with Gasteiger partial charge in [-0.3, -0.25) is 9.69 Å². The molecule has 1 aromatic carbocycles. The zero-order valence-corrected chi connectivity index (χ0v) is 13.9. The van der Waals surface area contributed by atoms with Gasteiger partial charge in [0.1, 0.15) is 11.6 Å². The van der Waals surface area contributed by atoms with E-state index in [4.69, 9.17) is 4.52 Å². The number of rotatable bonds is 5. The molecule has 24 heavy (non-hydrogen) atoms. The number of piperazine rings is 1. The molecular weight excluding hydrogens is 309 g/mol. The van der Waals surface area contributed by atoms with Gasteiger partial charge in [0, 0.05) is 38.8 Å². The summed E-state index contributed by atoms with van der Waals surface area (Å²) in [7, 11) is 0. The second-order valence-electron chi connectivity index (χ2n) is 6.17. The van der Waals surface area contributed by atoms with Gasteiger partial charge >= 0.3 is 0 Å². The van der Waals surface area contributed by atoms with Crippen molar-refractivity contribution in [2.75, 3.05) is 32.7 Å². The van der Waals surface area contributed by atoms with E-state index in [0.29, 0.717) is 25.2 Å². The molecule has 3 rings (SSSR count). The van der Waals surface area contributed by atoms with Crippen LogP contribution in [0.1, 0.15) is 17.0 Å². The Bertz CT molecular complexity index is 693. The Morgan fingerprint density at radius 2 is 2.00 bits per heavy atom. The molecule has 6 heteroatoms. The summed E-state index contributed by atoms with van der Waals surface area (Å²) in [5.74, 6) is 0.655. The number of carbonyl (C=O) groups excluding carboxylic acids is 1. The molecule has 0 radical (unpaired) electrons. The van der Waals surface area contributed by atoms with E-state index in [2.05, 4.69) is 10.1 Å². The highest BCUT2D eigenvalue weighted by atomic mass is 19.1. The molecule has 0 saturated carbocycles. The van der Waals surface area contributed by atoms with Crippen molar-refractivity contribution in [2.45, 2.75) is 19.8 Å². The van der Waals surface area contributed by atoms with E-state index in [9.17, 15) is 9.18 Å². The number of hydrogen-bond donors (Lipinski definition) is 0. The van der Waals surface area contributed by atoms with Crippen LogP contribution in [-0.2, 0) is 17.6 Å². The quantitative estimate of drug-likeness (QED) is 0.841. The third-order valence-corrected chi connectivity index (χ3v) is 4.39. The first-order valence-corrected chi connectivity index (χ1v) is 8.27. The van der Waals surface area contributed by atoms with Crippen molar-refractivity contribution in [3.8, 4) is 0 Å². The molecule has 2 aromatic rings.